The van der Waals surface area contributed by atoms with Crippen LogP contribution in [0.1, 0.15) is 49.1 Å². The predicted molar refractivity (Wildman–Crippen MR) is 133 cm³/mol. The lowest BCUT2D eigenvalue weighted by atomic mass is 9.94. The third kappa shape index (κ3) is 5.51. The van der Waals surface area contributed by atoms with E-state index >= 15 is 0 Å². The summed E-state index contributed by atoms with van der Waals surface area (Å²) in [6.07, 6.45) is 1.45. The summed E-state index contributed by atoms with van der Waals surface area (Å²) in [5.41, 5.74) is 8.22. The highest BCUT2D eigenvalue weighted by atomic mass is 35.5. The molecule has 3 aromatic rings. The highest BCUT2D eigenvalue weighted by Gasteiger charge is 2.41. The number of nitrogens with two attached hydrogens (primary N) is 1. The molecule has 0 fully saturated rings. The quantitative estimate of drug-likeness (QED) is 0.343. The number of hydrogen-bond acceptors (Lipinski definition) is 6. The Bertz CT molecular complexity index is 1190. The van der Waals surface area contributed by atoms with E-state index in [-0.39, 0.29) is 18.1 Å². The number of rotatable bonds is 8. The first kappa shape index (κ1) is 25.5. The number of anilines is 2. The van der Waals surface area contributed by atoms with Crippen molar-refractivity contribution < 1.29 is 9.59 Å². The first-order chi connectivity index (χ1) is 15.8. The van der Waals surface area contributed by atoms with Crippen LogP contribution >= 0.6 is 23.2 Å². The second-order valence-electron chi connectivity index (χ2n) is 8.46. The van der Waals surface area contributed by atoms with Gasteiger partial charge in [0.1, 0.15) is 27.2 Å². The maximum absolute atomic E-state index is 13.3. The van der Waals surface area contributed by atoms with Crippen LogP contribution in [-0.4, -0.2) is 46.6 Å². The molecule has 5 N–H and O–H groups in total. The molecule has 0 radical (unpaired) electrons. The van der Waals surface area contributed by atoms with Crippen molar-refractivity contribution in [3.05, 3.63) is 41.5 Å². The van der Waals surface area contributed by atoms with Crippen LogP contribution in [0.2, 0.25) is 0 Å². The number of nitrogens with zero attached hydrogens (tertiary/aromatic N) is 4. The second-order valence-corrected chi connectivity index (χ2v) is 10.3. The maximum Gasteiger partial charge on any atom is 0.270 e. The van der Waals surface area contributed by atoms with Crippen LogP contribution in [0.4, 0.5) is 11.6 Å². The summed E-state index contributed by atoms with van der Waals surface area (Å²) in [6.45, 7) is 9.19. The Hall–Kier alpha value is -3.11. The van der Waals surface area contributed by atoms with Gasteiger partial charge in [-0.05, 0) is 52.8 Å². The summed E-state index contributed by atoms with van der Waals surface area (Å²) in [4.78, 5) is 30.6. The topological polar surface area (TPSA) is 144 Å². The smallest absolute Gasteiger partial charge is 0.270 e. The molecule has 3 rings (SSSR count). The van der Waals surface area contributed by atoms with Gasteiger partial charge in [0, 0.05) is 36.0 Å². The minimum absolute atomic E-state index is 0.0675. The van der Waals surface area contributed by atoms with E-state index in [2.05, 4.69) is 30.9 Å². The van der Waals surface area contributed by atoms with Gasteiger partial charge in [0.15, 0.2) is 0 Å². The standard InChI is InChI=1S/C22H28Cl2N8O2/c1-6-32-15(9-10-26-32)19(33)29-21(4,11-22(5,23)24)20(34)28-16-8-7-14(18(25)27-16)17-12(2)30-31-13(17)3/h7-10H,6,11H2,1-5H3,(H,29,33)(H,30,31)(H3,25,27,28,34)/t21-/m0/s1. The molecule has 34 heavy (non-hydrogen) atoms. The number of nitrogen functional groups attached to an aromatic ring is 1. The third-order valence-corrected chi connectivity index (χ3v) is 5.63. The molecule has 0 aliphatic heterocycles. The van der Waals surface area contributed by atoms with E-state index in [4.69, 9.17) is 28.9 Å². The fourth-order valence-electron chi connectivity index (χ4n) is 3.85. The lowest BCUT2D eigenvalue weighted by molar-refractivity contribution is -0.121. The molecule has 0 unspecified atom stereocenters. The third-order valence-electron chi connectivity index (χ3n) is 5.37. The summed E-state index contributed by atoms with van der Waals surface area (Å²) < 4.78 is 0.228. The lowest BCUT2D eigenvalue weighted by Gasteiger charge is -2.33. The Morgan fingerprint density at radius 3 is 2.47 bits per heavy atom. The Labute approximate surface area is 207 Å². The van der Waals surface area contributed by atoms with Crippen LogP contribution in [0, 0.1) is 13.8 Å². The SMILES string of the molecule is CCn1nccc1C(=O)N[C@@](C)(CC(C)(Cl)Cl)C(=O)Nc1ccc(-c2c(C)n[nH]c2C)c(N)n1. The fraction of sp³-hybridized carbons (Fsp3) is 0.409. The number of aromatic amines is 1. The van der Waals surface area contributed by atoms with E-state index in [1.165, 1.54) is 10.9 Å². The zero-order valence-corrected chi connectivity index (χ0v) is 21.2. The molecular weight excluding hydrogens is 479 g/mol. The van der Waals surface area contributed by atoms with Crippen molar-refractivity contribution in [3.63, 3.8) is 0 Å². The number of H-pyrrole nitrogens is 1. The van der Waals surface area contributed by atoms with E-state index < -0.39 is 21.7 Å². The van der Waals surface area contributed by atoms with Gasteiger partial charge in [0.05, 0.1) is 5.69 Å². The van der Waals surface area contributed by atoms with Crippen molar-refractivity contribution in [1.29, 1.82) is 0 Å². The molecule has 0 saturated heterocycles. The number of carbonyl (C=O) groups excluding carboxylic acids is 2. The van der Waals surface area contributed by atoms with Crippen LogP contribution in [-0.2, 0) is 11.3 Å². The van der Waals surface area contributed by atoms with E-state index in [0.717, 1.165) is 17.0 Å². The monoisotopic (exact) mass is 506 g/mol. The van der Waals surface area contributed by atoms with Crippen molar-refractivity contribution in [3.8, 4) is 11.1 Å². The summed E-state index contributed by atoms with van der Waals surface area (Å²) in [5, 5.41) is 16.7. The Balaban J connectivity index is 1.87. The molecule has 3 aromatic heterocycles. The molecule has 10 nitrogen and oxygen atoms in total. The average Bonchev–Trinajstić information content (AvgIpc) is 3.33. The first-order valence-electron chi connectivity index (χ1n) is 10.7. The molecule has 12 heteroatoms. The van der Waals surface area contributed by atoms with Crippen LogP contribution in [0.5, 0.6) is 0 Å². The first-order valence-corrected chi connectivity index (χ1v) is 11.4. The van der Waals surface area contributed by atoms with Gasteiger partial charge in [-0.3, -0.25) is 19.4 Å². The number of aryl methyl sites for hydroxylation is 3. The van der Waals surface area contributed by atoms with Crippen LogP contribution in [0.15, 0.2) is 24.4 Å². The van der Waals surface area contributed by atoms with Gasteiger partial charge < -0.3 is 16.4 Å². The summed E-state index contributed by atoms with van der Waals surface area (Å²) in [6, 6.07) is 4.95. The molecule has 0 saturated carbocycles. The Morgan fingerprint density at radius 2 is 1.91 bits per heavy atom. The zero-order chi connectivity index (χ0) is 25.3. The van der Waals surface area contributed by atoms with Gasteiger partial charge in [-0.25, -0.2) is 4.98 Å². The summed E-state index contributed by atoms with van der Waals surface area (Å²) in [5.74, 6) is -0.591. The molecule has 0 aliphatic carbocycles. The summed E-state index contributed by atoms with van der Waals surface area (Å²) >= 11 is 12.5. The molecule has 2 amide bonds. The van der Waals surface area contributed by atoms with Crippen molar-refractivity contribution in [2.45, 2.75) is 57.5 Å². The number of pyridine rings is 1. The lowest BCUT2D eigenvalue weighted by Crippen LogP contribution is -2.57. The van der Waals surface area contributed by atoms with Gasteiger partial charge in [-0.1, -0.05) is 0 Å². The van der Waals surface area contributed by atoms with Crippen LogP contribution in [0.25, 0.3) is 11.1 Å². The van der Waals surface area contributed by atoms with Gasteiger partial charge in [0.2, 0.25) is 0 Å². The Morgan fingerprint density at radius 1 is 1.21 bits per heavy atom. The number of nitrogens with one attached hydrogen (secondary N) is 3. The van der Waals surface area contributed by atoms with E-state index in [1.807, 2.05) is 20.8 Å². The molecular formula is C22H28Cl2N8O2. The number of alkyl halides is 2. The van der Waals surface area contributed by atoms with E-state index in [1.54, 1.807) is 32.0 Å². The number of carbonyl (C=O) groups is 2. The number of amides is 2. The number of aromatic nitrogens is 5. The second kappa shape index (κ2) is 9.63. The fourth-order valence-corrected chi connectivity index (χ4v) is 4.39. The molecule has 182 valence electrons. The normalized spacial score (nSPS) is 13.4. The zero-order valence-electron chi connectivity index (χ0n) is 19.7. The molecule has 0 aliphatic rings. The van der Waals surface area contributed by atoms with E-state index in [9.17, 15) is 9.59 Å². The largest absolute Gasteiger partial charge is 0.383 e. The number of hydrogen-bond donors (Lipinski definition) is 4. The van der Waals surface area contributed by atoms with E-state index in [0.29, 0.717) is 17.8 Å². The average molecular weight is 507 g/mol. The van der Waals surface area contributed by atoms with Gasteiger partial charge >= 0.3 is 0 Å². The maximum atomic E-state index is 13.3. The van der Waals surface area contributed by atoms with Crippen molar-refractivity contribution >= 4 is 46.7 Å². The molecule has 1 atom stereocenters. The van der Waals surface area contributed by atoms with Gasteiger partial charge in [-0.15, -0.1) is 23.2 Å². The highest BCUT2D eigenvalue weighted by Crippen LogP contribution is 2.33. The molecule has 0 spiro atoms. The summed E-state index contributed by atoms with van der Waals surface area (Å²) in [7, 11) is 0. The van der Waals surface area contributed by atoms with Crippen molar-refractivity contribution in [2.24, 2.45) is 0 Å². The predicted octanol–water partition coefficient (Wildman–Crippen LogP) is 3.60. The van der Waals surface area contributed by atoms with Crippen LogP contribution < -0.4 is 16.4 Å². The van der Waals surface area contributed by atoms with Gasteiger partial charge in [-0.2, -0.15) is 10.2 Å². The number of halogens is 2. The minimum Gasteiger partial charge on any atom is -0.383 e. The van der Waals surface area contributed by atoms with Crippen molar-refractivity contribution in [1.82, 2.24) is 30.3 Å². The molecule has 0 bridgehead atoms. The van der Waals surface area contributed by atoms with Crippen molar-refractivity contribution in [2.75, 3.05) is 11.1 Å². The van der Waals surface area contributed by atoms with Crippen LogP contribution in [0.3, 0.4) is 0 Å². The molecule has 3 heterocycles. The Kier molecular flexibility index (Phi) is 7.23. The highest BCUT2D eigenvalue weighted by molar-refractivity contribution is 6.48. The molecule has 0 aromatic carbocycles. The minimum atomic E-state index is -1.47. The van der Waals surface area contributed by atoms with Gasteiger partial charge in [0.25, 0.3) is 11.8 Å².